The van der Waals surface area contributed by atoms with Crippen molar-refractivity contribution in [2.24, 2.45) is 0 Å². The molecule has 0 aliphatic rings. The van der Waals surface area contributed by atoms with Crippen molar-refractivity contribution in [2.75, 3.05) is 17.1 Å². The molecule has 0 saturated heterocycles. The molecule has 9 heteroatoms. The van der Waals surface area contributed by atoms with Crippen molar-refractivity contribution in [3.63, 3.8) is 0 Å². The van der Waals surface area contributed by atoms with Crippen LogP contribution in [0, 0.1) is 0 Å². The lowest BCUT2D eigenvalue weighted by atomic mass is 10.1. The van der Waals surface area contributed by atoms with Crippen LogP contribution in [-0.4, -0.2) is 30.1 Å². The minimum absolute atomic E-state index is 0.208. The molecule has 3 aromatic carbocycles. The van der Waals surface area contributed by atoms with Crippen molar-refractivity contribution in [3.8, 4) is 16.9 Å². The Balaban J connectivity index is 1.41. The molecule has 5 aromatic rings. The number of fused-ring (bicyclic) bond motifs is 1. The zero-order valence-electron chi connectivity index (χ0n) is 18.2. The average molecular weight is 472 g/mol. The highest BCUT2D eigenvalue weighted by Crippen LogP contribution is 2.27. The SMILES string of the molecule is COc1ccccc1Nc1nc2ccc(-c3cccc(NS(=O)(=O)c4ccccc4)c3)cn2n1. The summed E-state index contributed by atoms with van der Waals surface area (Å²) in [6.07, 6.45) is 1.85. The molecule has 2 N–H and O–H groups in total. The summed E-state index contributed by atoms with van der Waals surface area (Å²) in [6, 6.07) is 26.8. The molecule has 0 amide bonds. The summed E-state index contributed by atoms with van der Waals surface area (Å²) in [5.74, 6) is 1.13. The molecule has 5 rings (SSSR count). The highest BCUT2D eigenvalue weighted by molar-refractivity contribution is 7.92. The van der Waals surface area contributed by atoms with E-state index in [1.54, 1.807) is 60.2 Å². The summed E-state index contributed by atoms with van der Waals surface area (Å²) in [6.45, 7) is 0. The van der Waals surface area contributed by atoms with Crippen LogP contribution in [0.5, 0.6) is 5.75 Å². The number of hydrogen-bond donors (Lipinski definition) is 2. The van der Waals surface area contributed by atoms with Crippen LogP contribution in [-0.2, 0) is 10.0 Å². The van der Waals surface area contributed by atoms with E-state index < -0.39 is 10.0 Å². The second-order valence-electron chi connectivity index (χ2n) is 7.48. The highest BCUT2D eigenvalue weighted by Gasteiger charge is 2.14. The average Bonchev–Trinajstić information content (AvgIpc) is 3.26. The molecular formula is C25H21N5O3S. The molecule has 0 spiro atoms. The molecule has 2 heterocycles. The maximum Gasteiger partial charge on any atom is 0.261 e. The number of pyridine rings is 1. The maximum atomic E-state index is 12.7. The Kier molecular flexibility index (Phi) is 5.60. The molecule has 8 nitrogen and oxygen atoms in total. The Bertz CT molecular complexity index is 1570. The molecule has 170 valence electrons. The van der Waals surface area contributed by atoms with Crippen LogP contribution in [0.15, 0.2) is 102 Å². The van der Waals surface area contributed by atoms with Gasteiger partial charge in [-0.05, 0) is 54.1 Å². The number of nitrogens with one attached hydrogen (secondary N) is 2. The van der Waals surface area contributed by atoms with Gasteiger partial charge in [0.2, 0.25) is 5.95 Å². The number of methoxy groups -OCH3 is 1. The fraction of sp³-hybridized carbons (Fsp3) is 0.0400. The van der Waals surface area contributed by atoms with Crippen molar-refractivity contribution in [1.29, 1.82) is 0 Å². The lowest BCUT2D eigenvalue weighted by Gasteiger charge is -2.10. The minimum Gasteiger partial charge on any atom is -0.495 e. The molecule has 0 saturated carbocycles. The van der Waals surface area contributed by atoms with Crippen molar-refractivity contribution < 1.29 is 13.2 Å². The van der Waals surface area contributed by atoms with E-state index in [2.05, 4.69) is 20.1 Å². The van der Waals surface area contributed by atoms with Gasteiger partial charge in [-0.2, -0.15) is 4.98 Å². The third-order valence-corrected chi connectivity index (χ3v) is 6.58. The number of aromatic nitrogens is 3. The smallest absolute Gasteiger partial charge is 0.261 e. The second kappa shape index (κ2) is 8.87. The molecule has 34 heavy (non-hydrogen) atoms. The number of anilines is 3. The summed E-state index contributed by atoms with van der Waals surface area (Å²) in [7, 11) is -2.07. The molecule has 0 aliphatic heterocycles. The lowest BCUT2D eigenvalue weighted by molar-refractivity contribution is 0.417. The first-order valence-corrected chi connectivity index (χ1v) is 11.9. The first-order chi connectivity index (χ1) is 16.5. The summed E-state index contributed by atoms with van der Waals surface area (Å²) in [4.78, 5) is 4.72. The first kappa shape index (κ1) is 21.5. The quantitative estimate of drug-likeness (QED) is 0.349. The number of rotatable bonds is 7. The van der Waals surface area contributed by atoms with Crippen LogP contribution in [0.2, 0.25) is 0 Å². The van der Waals surface area contributed by atoms with E-state index in [4.69, 9.17) is 4.74 Å². The van der Waals surface area contributed by atoms with Crippen LogP contribution in [0.3, 0.4) is 0 Å². The summed E-state index contributed by atoms with van der Waals surface area (Å²) in [5.41, 5.74) is 3.60. The molecular weight excluding hydrogens is 450 g/mol. The number of hydrogen-bond acceptors (Lipinski definition) is 6. The Morgan fingerprint density at radius 2 is 1.65 bits per heavy atom. The van der Waals surface area contributed by atoms with Crippen molar-refractivity contribution >= 4 is 33.0 Å². The van der Waals surface area contributed by atoms with Crippen molar-refractivity contribution in [1.82, 2.24) is 14.6 Å². The lowest BCUT2D eigenvalue weighted by Crippen LogP contribution is -2.12. The number of sulfonamides is 1. The fourth-order valence-corrected chi connectivity index (χ4v) is 4.62. The van der Waals surface area contributed by atoms with Gasteiger partial charge in [0.1, 0.15) is 5.75 Å². The molecule has 0 bridgehead atoms. The zero-order valence-corrected chi connectivity index (χ0v) is 19.0. The number of para-hydroxylation sites is 2. The van der Waals surface area contributed by atoms with Gasteiger partial charge >= 0.3 is 0 Å². The molecule has 0 radical (unpaired) electrons. The zero-order chi connectivity index (χ0) is 23.5. The van der Waals surface area contributed by atoms with Crippen LogP contribution < -0.4 is 14.8 Å². The standard InChI is InChI=1S/C25H21N5O3S/c1-33-23-13-6-5-12-22(23)26-25-27-24-15-14-19(17-30(24)28-25)18-8-7-9-20(16-18)29-34(31,32)21-10-3-2-4-11-21/h2-17,29H,1H3,(H,26,28). The van der Waals surface area contributed by atoms with E-state index in [-0.39, 0.29) is 4.90 Å². The van der Waals surface area contributed by atoms with Gasteiger partial charge in [-0.3, -0.25) is 4.72 Å². The fourth-order valence-electron chi connectivity index (χ4n) is 3.55. The Morgan fingerprint density at radius 3 is 2.47 bits per heavy atom. The predicted molar refractivity (Wildman–Crippen MR) is 132 cm³/mol. The van der Waals surface area contributed by atoms with Crippen LogP contribution in [0.1, 0.15) is 0 Å². The third kappa shape index (κ3) is 4.41. The van der Waals surface area contributed by atoms with E-state index in [9.17, 15) is 8.42 Å². The molecule has 0 aliphatic carbocycles. The van der Waals surface area contributed by atoms with E-state index in [1.807, 2.05) is 48.7 Å². The number of ether oxygens (including phenoxy) is 1. The van der Waals surface area contributed by atoms with Gasteiger partial charge in [-0.1, -0.05) is 42.5 Å². The van der Waals surface area contributed by atoms with E-state index in [1.165, 1.54) is 0 Å². The minimum atomic E-state index is -3.68. The summed E-state index contributed by atoms with van der Waals surface area (Å²) < 4.78 is 35.0. The maximum absolute atomic E-state index is 12.7. The highest BCUT2D eigenvalue weighted by atomic mass is 32.2. The molecule has 0 unspecified atom stereocenters. The van der Waals surface area contributed by atoms with Gasteiger partial charge in [0.25, 0.3) is 10.0 Å². The monoisotopic (exact) mass is 471 g/mol. The van der Waals surface area contributed by atoms with Crippen LogP contribution in [0.4, 0.5) is 17.3 Å². The third-order valence-electron chi connectivity index (χ3n) is 5.19. The first-order valence-electron chi connectivity index (χ1n) is 10.5. The Hall–Kier alpha value is -4.37. The predicted octanol–water partition coefficient (Wildman–Crippen LogP) is 4.95. The van der Waals surface area contributed by atoms with Gasteiger partial charge in [0.05, 0.1) is 17.7 Å². The Labute approximate surface area is 196 Å². The largest absolute Gasteiger partial charge is 0.495 e. The van der Waals surface area contributed by atoms with Crippen molar-refractivity contribution in [3.05, 3.63) is 97.2 Å². The molecule has 0 atom stereocenters. The van der Waals surface area contributed by atoms with Crippen LogP contribution in [0.25, 0.3) is 16.8 Å². The van der Waals surface area contributed by atoms with Gasteiger partial charge < -0.3 is 10.1 Å². The van der Waals surface area contributed by atoms with Gasteiger partial charge in [0, 0.05) is 17.4 Å². The van der Waals surface area contributed by atoms with Gasteiger partial charge in [-0.15, -0.1) is 5.10 Å². The topological polar surface area (TPSA) is 97.6 Å². The Morgan fingerprint density at radius 1 is 0.853 bits per heavy atom. The summed E-state index contributed by atoms with van der Waals surface area (Å²) in [5, 5.41) is 7.70. The van der Waals surface area contributed by atoms with Gasteiger partial charge in [0.15, 0.2) is 5.65 Å². The summed E-state index contributed by atoms with van der Waals surface area (Å²) >= 11 is 0. The molecule has 0 fully saturated rings. The number of benzene rings is 3. The van der Waals surface area contributed by atoms with Crippen LogP contribution >= 0.6 is 0 Å². The second-order valence-corrected chi connectivity index (χ2v) is 9.16. The van der Waals surface area contributed by atoms with E-state index in [0.29, 0.717) is 23.0 Å². The van der Waals surface area contributed by atoms with Crippen molar-refractivity contribution in [2.45, 2.75) is 4.90 Å². The van der Waals surface area contributed by atoms with E-state index >= 15 is 0 Å². The normalized spacial score (nSPS) is 11.3. The number of nitrogens with zero attached hydrogens (tertiary/aromatic N) is 3. The molecule has 2 aromatic heterocycles. The van der Waals surface area contributed by atoms with Gasteiger partial charge in [-0.25, -0.2) is 12.9 Å². The van der Waals surface area contributed by atoms with E-state index in [0.717, 1.165) is 16.8 Å².